The maximum atomic E-state index is 11.9. The quantitative estimate of drug-likeness (QED) is 0.732. The highest BCUT2D eigenvalue weighted by Gasteiger charge is 2.04. The van der Waals surface area contributed by atoms with E-state index in [0.717, 1.165) is 22.7 Å². The minimum absolute atomic E-state index is 0.0739. The highest BCUT2D eigenvalue weighted by molar-refractivity contribution is 5.91. The second kappa shape index (κ2) is 7.26. The number of aromatic amines is 1. The predicted molar refractivity (Wildman–Crippen MR) is 89.2 cm³/mol. The van der Waals surface area contributed by atoms with E-state index in [2.05, 4.69) is 15.3 Å². The first kappa shape index (κ1) is 14.8. The molecule has 3 aromatic rings. The van der Waals surface area contributed by atoms with E-state index in [1.54, 1.807) is 12.5 Å². The van der Waals surface area contributed by atoms with Gasteiger partial charge in [0.1, 0.15) is 5.75 Å². The summed E-state index contributed by atoms with van der Waals surface area (Å²) in [6, 6.07) is 17.1. The third-order valence-corrected chi connectivity index (χ3v) is 3.32. The zero-order chi connectivity index (χ0) is 15.9. The Hall–Kier alpha value is -3.08. The highest BCUT2D eigenvalue weighted by Crippen LogP contribution is 2.18. The highest BCUT2D eigenvalue weighted by atomic mass is 16.5. The standard InChI is InChI=1S/C18H17N3O2/c22-18(10-11-23-16-4-2-1-3-5-16)21-15-8-6-14(7-9-15)17-12-19-13-20-17/h1-9,12-13H,10-11H2,(H,19,20)(H,21,22). The summed E-state index contributed by atoms with van der Waals surface area (Å²) in [6.07, 6.45) is 3.70. The van der Waals surface area contributed by atoms with Crippen LogP contribution in [0.25, 0.3) is 11.3 Å². The number of ether oxygens (including phenoxy) is 1. The number of para-hydroxylation sites is 1. The molecule has 1 amide bonds. The Labute approximate surface area is 134 Å². The molecule has 0 saturated heterocycles. The molecule has 0 aliphatic carbocycles. The molecular formula is C18H17N3O2. The molecule has 1 aromatic heterocycles. The number of carbonyl (C=O) groups excluding carboxylic acids is 1. The number of hydrogen-bond donors (Lipinski definition) is 2. The van der Waals surface area contributed by atoms with Gasteiger partial charge in [0.15, 0.2) is 0 Å². The number of hydrogen-bond acceptors (Lipinski definition) is 3. The average molecular weight is 307 g/mol. The molecule has 0 bridgehead atoms. The van der Waals surface area contributed by atoms with Gasteiger partial charge in [-0.1, -0.05) is 30.3 Å². The molecule has 0 unspecified atom stereocenters. The summed E-state index contributed by atoms with van der Waals surface area (Å²) in [7, 11) is 0. The summed E-state index contributed by atoms with van der Waals surface area (Å²) < 4.78 is 5.51. The maximum Gasteiger partial charge on any atom is 0.227 e. The molecule has 116 valence electrons. The van der Waals surface area contributed by atoms with E-state index in [1.165, 1.54) is 0 Å². The SMILES string of the molecule is O=C(CCOc1ccccc1)Nc1ccc(-c2cnc[nH]2)cc1. The number of imidazole rings is 1. The number of benzene rings is 2. The van der Waals surface area contributed by atoms with Crippen LogP contribution < -0.4 is 10.1 Å². The minimum Gasteiger partial charge on any atom is -0.493 e. The van der Waals surface area contributed by atoms with Gasteiger partial charge in [0.2, 0.25) is 5.91 Å². The molecule has 3 rings (SSSR count). The van der Waals surface area contributed by atoms with E-state index >= 15 is 0 Å². The molecule has 1 heterocycles. The van der Waals surface area contributed by atoms with Crippen LogP contribution in [0.1, 0.15) is 6.42 Å². The largest absolute Gasteiger partial charge is 0.493 e. The number of aromatic nitrogens is 2. The molecule has 5 nitrogen and oxygen atoms in total. The van der Waals surface area contributed by atoms with Gasteiger partial charge in [0.05, 0.1) is 31.2 Å². The first-order valence-electron chi connectivity index (χ1n) is 7.38. The smallest absolute Gasteiger partial charge is 0.227 e. The Bertz CT molecular complexity index is 738. The van der Waals surface area contributed by atoms with Crippen molar-refractivity contribution in [3.8, 4) is 17.0 Å². The summed E-state index contributed by atoms with van der Waals surface area (Å²) in [4.78, 5) is 18.9. The molecule has 2 aromatic carbocycles. The van der Waals surface area contributed by atoms with Crippen molar-refractivity contribution in [2.45, 2.75) is 6.42 Å². The molecular weight excluding hydrogens is 290 g/mol. The van der Waals surface area contributed by atoms with Crippen LogP contribution >= 0.6 is 0 Å². The molecule has 5 heteroatoms. The van der Waals surface area contributed by atoms with Crippen molar-refractivity contribution >= 4 is 11.6 Å². The van der Waals surface area contributed by atoms with Crippen molar-refractivity contribution in [2.24, 2.45) is 0 Å². The zero-order valence-corrected chi connectivity index (χ0v) is 12.5. The molecule has 0 aliphatic heterocycles. The second-order valence-corrected chi connectivity index (χ2v) is 5.00. The van der Waals surface area contributed by atoms with Crippen LogP contribution in [0.3, 0.4) is 0 Å². The van der Waals surface area contributed by atoms with Crippen molar-refractivity contribution in [1.29, 1.82) is 0 Å². The predicted octanol–water partition coefficient (Wildman–Crippen LogP) is 3.48. The monoisotopic (exact) mass is 307 g/mol. The lowest BCUT2D eigenvalue weighted by atomic mass is 10.1. The maximum absolute atomic E-state index is 11.9. The number of nitrogens with one attached hydrogen (secondary N) is 2. The lowest BCUT2D eigenvalue weighted by Gasteiger charge is -2.07. The minimum atomic E-state index is -0.0739. The Morgan fingerprint density at radius 1 is 1.09 bits per heavy atom. The third kappa shape index (κ3) is 4.20. The van der Waals surface area contributed by atoms with Crippen molar-refractivity contribution in [1.82, 2.24) is 9.97 Å². The fourth-order valence-electron chi connectivity index (χ4n) is 2.15. The molecule has 0 atom stereocenters. The Morgan fingerprint density at radius 2 is 1.87 bits per heavy atom. The lowest BCUT2D eigenvalue weighted by Crippen LogP contribution is -2.15. The Kier molecular flexibility index (Phi) is 4.69. The summed E-state index contributed by atoms with van der Waals surface area (Å²) in [5, 5.41) is 2.86. The van der Waals surface area contributed by atoms with Gasteiger partial charge in [-0.25, -0.2) is 4.98 Å². The number of anilines is 1. The summed E-state index contributed by atoms with van der Waals surface area (Å²) in [5.74, 6) is 0.694. The fraction of sp³-hybridized carbons (Fsp3) is 0.111. The van der Waals surface area contributed by atoms with Gasteiger partial charge in [0, 0.05) is 5.69 Å². The zero-order valence-electron chi connectivity index (χ0n) is 12.5. The normalized spacial score (nSPS) is 10.3. The first-order chi connectivity index (χ1) is 11.3. The summed E-state index contributed by atoms with van der Waals surface area (Å²) in [5.41, 5.74) is 2.73. The number of nitrogens with zero attached hydrogens (tertiary/aromatic N) is 1. The van der Waals surface area contributed by atoms with Crippen LogP contribution in [0.2, 0.25) is 0 Å². The Balaban J connectivity index is 1.48. The third-order valence-electron chi connectivity index (χ3n) is 3.32. The molecule has 0 radical (unpaired) electrons. The van der Waals surface area contributed by atoms with Crippen LogP contribution in [0.4, 0.5) is 5.69 Å². The van der Waals surface area contributed by atoms with E-state index in [9.17, 15) is 4.79 Å². The first-order valence-corrected chi connectivity index (χ1v) is 7.38. The van der Waals surface area contributed by atoms with Crippen molar-refractivity contribution in [3.05, 3.63) is 67.1 Å². The van der Waals surface area contributed by atoms with E-state index < -0.39 is 0 Å². The summed E-state index contributed by atoms with van der Waals surface area (Å²) in [6.45, 7) is 0.349. The molecule has 2 N–H and O–H groups in total. The van der Waals surface area contributed by atoms with Crippen molar-refractivity contribution in [2.75, 3.05) is 11.9 Å². The number of H-pyrrole nitrogens is 1. The average Bonchev–Trinajstić information content (AvgIpc) is 3.11. The number of carbonyl (C=O) groups is 1. The molecule has 0 aliphatic rings. The molecule has 23 heavy (non-hydrogen) atoms. The topological polar surface area (TPSA) is 67.0 Å². The van der Waals surface area contributed by atoms with Gasteiger partial charge in [0.25, 0.3) is 0 Å². The van der Waals surface area contributed by atoms with Crippen LogP contribution in [0, 0.1) is 0 Å². The molecule has 0 saturated carbocycles. The van der Waals surface area contributed by atoms with Crippen molar-refractivity contribution in [3.63, 3.8) is 0 Å². The van der Waals surface area contributed by atoms with Gasteiger partial charge in [-0.05, 0) is 29.8 Å². The van der Waals surface area contributed by atoms with Crippen LogP contribution in [-0.2, 0) is 4.79 Å². The van der Waals surface area contributed by atoms with Crippen LogP contribution in [-0.4, -0.2) is 22.5 Å². The second-order valence-electron chi connectivity index (χ2n) is 5.00. The number of amides is 1. The van der Waals surface area contributed by atoms with Gasteiger partial charge < -0.3 is 15.0 Å². The Morgan fingerprint density at radius 3 is 2.57 bits per heavy atom. The van der Waals surface area contributed by atoms with E-state index in [-0.39, 0.29) is 5.91 Å². The lowest BCUT2D eigenvalue weighted by molar-refractivity contribution is -0.116. The van der Waals surface area contributed by atoms with Gasteiger partial charge in [-0.15, -0.1) is 0 Å². The van der Waals surface area contributed by atoms with Gasteiger partial charge >= 0.3 is 0 Å². The van der Waals surface area contributed by atoms with Crippen LogP contribution in [0.15, 0.2) is 67.1 Å². The van der Waals surface area contributed by atoms with Gasteiger partial charge in [-0.3, -0.25) is 4.79 Å². The van der Waals surface area contributed by atoms with E-state index in [1.807, 2.05) is 54.6 Å². The molecule has 0 fully saturated rings. The fourth-order valence-corrected chi connectivity index (χ4v) is 2.15. The molecule has 0 spiro atoms. The van der Waals surface area contributed by atoms with Crippen molar-refractivity contribution < 1.29 is 9.53 Å². The number of rotatable bonds is 6. The van der Waals surface area contributed by atoms with Gasteiger partial charge in [-0.2, -0.15) is 0 Å². The van der Waals surface area contributed by atoms with Crippen LogP contribution in [0.5, 0.6) is 5.75 Å². The van der Waals surface area contributed by atoms with E-state index in [4.69, 9.17) is 4.74 Å². The van der Waals surface area contributed by atoms with E-state index in [0.29, 0.717) is 13.0 Å². The summed E-state index contributed by atoms with van der Waals surface area (Å²) >= 11 is 0.